The van der Waals surface area contributed by atoms with Gasteiger partial charge in [-0.05, 0) is 18.2 Å². The van der Waals surface area contributed by atoms with Crippen LogP contribution in [0.5, 0.6) is 5.75 Å². The minimum absolute atomic E-state index is 0.374. The van der Waals surface area contributed by atoms with Gasteiger partial charge in [0.25, 0.3) is 5.91 Å². The van der Waals surface area contributed by atoms with Crippen LogP contribution in [0.3, 0.4) is 0 Å². The molecule has 1 amide bonds. The Morgan fingerprint density at radius 3 is 2.75 bits per heavy atom. The first-order valence-electron chi connectivity index (χ1n) is 6.42. The van der Waals surface area contributed by atoms with Crippen LogP contribution in [0.2, 0.25) is 0 Å². The summed E-state index contributed by atoms with van der Waals surface area (Å²) in [4.78, 5) is 13.3. The maximum atomic E-state index is 11.4. The van der Waals surface area contributed by atoms with Gasteiger partial charge in [0.15, 0.2) is 0 Å². The standard InChI is InChI=1S/C13H19N3O4/c14-15-13(19)9-2-1-3-10(6-9)20-5-4-16-7-11(17)12(18)8-16/h1-3,6,11-12,17-18H,4-5,7-8,14H2,(H,15,19). The van der Waals surface area contributed by atoms with Gasteiger partial charge in [0.05, 0.1) is 12.2 Å². The van der Waals surface area contributed by atoms with Crippen LogP contribution in [0.25, 0.3) is 0 Å². The molecule has 20 heavy (non-hydrogen) atoms. The van der Waals surface area contributed by atoms with Gasteiger partial charge in [0, 0.05) is 25.2 Å². The summed E-state index contributed by atoms with van der Waals surface area (Å²) in [5.74, 6) is 5.27. The summed E-state index contributed by atoms with van der Waals surface area (Å²) in [6, 6.07) is 6.71. The largest absolute Gasteiger partial charge is 0.492 e. The van der Waals surface area contributed by atoms with Crippen LogP contribution in [-0.2, 0) is 0 Å². The van der Waals surface area contributed by atoms with Crippen molar-refractivity contribution in [3.05, 3.63) is 29.8 Å². The molecule has 0 saturated carbocycles. The van der Waals surface area contributed by atoms with Crippen molar-refractivity contribution >= 4 is 5.91 Å². The maximum absolute atomic E-state index is 11.4. The number of β-amino-alcohol motifs (C(OH)–C–C–N with tert-alkyl or cyclic N) is 2. The van der Waals surface area contributed by atoms with E-state index in [1.165, 1.54) is 0 Å². The Morgan fingerprint density at radius 1 is 1.40 bits per heavy atom. The number of nitrogens with one attached hydrogen (secondary N) is 1. The van der Waals surface area contributed by atoms with Crippen molar-refractivity contribution in [2.75, 3.05) is 26.2 Å². The van der Waals surface area contributed by atoms with E-state index in [9.17, 15) is 15.0 Å². The summed E-state index contributed by atoms with van der Waals surface area (Å²) in [5.41, 5.74) is 2.49. The zero-order valence-corrected chi connectivity index (χ0v) is 11.0. The number of aliphatic hydroxyl groups excluding tert-OH is 2. The highest BCUT2D eigenvalue weighted by Crippen LogP contribution is 2.14. The number of ether oxygens (including phenoxy) is 1. The van der Waals surface area contributed by atoms with Crippen molar-refractivity contribution in [2.45, 2.75) is 12.2 Å². The average Bonchev–Trinajstić information content (AvgIpc) is 2.77. The summed E-state index contributed by atoms with van der Waals surface area (Å²) in [6.45, 7) is 1.90. The van der Waals surface area contributed by atoms with Crippen LogP contribution in [0.1, 0.15) is 10.4 Å². The molecule has 1 aliphatic heterocycles. The van der Waals surface area contributed by atoms with Crippen molar-refractivity contribution in [2.24, 2.45) is 5.84 Å². The number of likely N-dealkylation sites (tertiary alicyclic amines) is 1. The summed E-state index contributed by atoms with van der Waals surface area (Å²) in [7, 11) is 0. The summed E-state index contributed by atoms with van der Waals surface area (Å²) < 4.78 is 5.55. The number of aliphatic hydroxyl groups is 2. The van der Waals surface area contributed by atoms with Crippen molar-refractivity contribution in [3.8, 4) is 5.75 Å². The Kier molecular flexibility index (Phi) is 4.91. The third-order valence-electron chi connectivity index (χ3n) is 3.24. The van der Waals surface area contributed by atoms with Crippen LogP contribution in [0.15, 0.2) is 24.3 Å². The molecule has 0 bridgehead atoms. The van der Waals surface area contributed by atoms with E-state index in [1.807, 2.05) is 4.90 Å². The van der Waals surface area contributed by atoms with Gasteiger partial charge in [0.2, 0.25) is 0 Å². The molecule has 7 heteroatoms. The molecular formula is C13H19N3O4. The average molecular weight is 281 g/mol. The maximum Gasteiger partial charge on any atom is 0.265 e. The van der Waals surface area contributed by atoms with Crippen LogP contribution in [0, 0.1) is 0 Å². The quantitative estimate of drug-likeness (QED) is 0.304. The van der Waals surface area contributed by atoms with Gasteiger partial charge < -0.3 is 14.9 Å². The predicted molar refractivity (Wildman–Crippen MR) is 72.0 cm³/mol. The highest BCUT2D eigenvalue weighted by molar-refractivity contribution is 5.94. The highest BCUT2D eigenvalue weighted by Gasteiger charge is 2.28. The SMILES string of the molecule is NNC(=O)c1cccc(OCCN2CC(O)C(O)C2)c1. The number of hydrazine groups is 1. The molecule has 1 saturated heterocycles. The lowest BCUT2D eigenvalue weighted by molar-refractivity contribution is 0.0572. The van der Waals surface area contributed by atoms with E-state index in [-0.39, 0.29) is 5.91 Å². The number of nitrogens with two attached hydrogens (primary N) is 1. The smallest absolute Gasteiger partial charge is 0.265 e. The third-order valence-corrected chi connectivity index (χ3v) is 3.24. The molecule has 1 aromatic rings. The fourth-order valence-corrected chi connectivity index (χ4v) is 2.13. The fourth-order valence-electron chi connectivity index (χ4n) is 2.13. The van der Waals surface area contributed by atoms with Gasteiger partial charge >= 0.3 is 0 Å². The predicted octanol–water partition coefficient (Wildman–Crippen LogP) is -1.29. The molecule has 1 aliphatic rings. The van der Waals surface area contributed by atoms with Crippen molar-refractivity contribution < 1.29 is 19.7 Å². The minimum atomic E-state index is -0.688. The lowest BCUT2D eigenvalue weighted by atomic mass is 10.2. The molecule has 0 aromatic heterocycles. The highest BCUT2D eigenvalue weighted by atomic mass is 16.5. The number of hydrogen-bond donors (Lipinski definition) is 4. The molecule has 2 unspecified atom stereocenters. The number of nitrogens with zero attached hydrogens (tertiary/aromatic N) is 1. The molecule has 7 nitrogen and oxygen atoms in total. The molecule has 1 fully saturated rings. The number of amides is 1. The normalized spacial score (nSPS) is 22.8. The number of benzene rings is 1. The molecule has 110 valence electrons. The lowest BCUT2D eigenvalue weighted by Crippen LogP contribution is -2.30. The fraction of sp³-hybridized carbons (Fsp3) is 0.462. The lowest BCUT2D eigenvalue weighted by Gasteiger charge is -2.15. The molecule has 5 N–H and O–H groups in total. The van der Waals surface area contributed by atoms with E-state index in [4.69, 9.17) is 10.6 Å². The molecule has 0 aliphatic carbocycles. The summed E-state index contributed by atoms with van der Waals surface area (Å²) in [6.07, 6.45) is -1.38. The van der Waals surface area contributed by atoms with Gasteiger partial charge in [-0.25, -0.2) is 5.84 Å². The zero-order valence-electron chi connectivity index (χ0n) is 11.0. The van der Waals surface area contributed by atoms with E-state index in [0.717, 1.165) is 0 Å². The summed E-state index contributed by atoms with van der Waals surface area (Å²) >= 11 is 0. The second-order valence-corrected chi connectivity index (χ2v) is 4.74. The topological polar surface area (TPSA) is 108 Å². The van der Waals surface area contributed by atoms with Gasteiger partial charge in [-0.15, -0.1) is 0 Å². The third kappa shape index (κ3) is 3.67. The van der Waals surface area contributed by atoms with Crippen LogP contribution in [0.4, 0.5) is 0 Å². The number of carbonyl (C=O) groups excluding carboxylic acids is 1. The molecule has 2 atom stereocenters. The molecular weight excluding hydrogens is 262 g/mol. The summed E-state index contributed by atoms with van der Waals surface area (Å²) in [5, 5.41) is 18.8. The van der Waals surface area contributed by atoms with Gasteiger partial charge in [-0.2, -0.15) is 0 Å². The monoisotopic (exact) mass is 281 g/mol. The first kappa shape index (κ1) is 14.7. The van der Waals surface area contributed by atoms with Gasteiger partial charge in [0.1, 0.15) is 12.4 Å². The van der Waals surface area contributed by atoms with Crippen molar-refractivity contribution in [1.82, 2.24) is 10.3 Å². The Labute approximate surface area is 116 Å². The Bertz CT molecular complexity index is 459. The van der Waals surface area contributed by atoms with Gasteiger partial charge in [-0.1, -0.05) is 6.07 Å². The van der Waals surface area contributed by atoms with E-state index < -0.39 is 12.2 Å². The minimum Gasteiger partial charge on any atom is -0.492 e. The number of carbonyl (C=O) groups is 1. The van der Waals surface area contributed by atoms with Crippen molar-refractivity contribution in [3.63, 3.8) is 0 Å². The van der Waals surface area contributed by atoms with Crippen LogP contribution < -0.4 is 16.0 Å². The van der Waals surface area contributed by atoms with Crippen LogP contribution >= 0.6 is 0 Å². The molecule has 1 heterocycles. The zero-order chi connectivity index (χ0) is 14.5. The molecule has 0 radical (unpaired) electrons. The van der Waals surface area contributed by atoms with Crippen LogP contribution in [-0.4, -0.2) is 59.5 Å². The van der Waals surface area contributed by atoms with Gasteiger partial charge in [-0.3, -0.25) is 15.1 Å². The van der Waals surface area contributed by atoms with Crippen molar-refractivity contribution in [1.29, 1.82) is 0 Å². The second kappa shape index (κ2) is 6.67. The first-order valence-corrected chi connectivity index (χ1v) is 6.42. The molecule has 0 spiro atoms. The molecule has 2 rings (SSSR count). The van der Waals surface area contributed by atoms with E-state index in [0.29, 0.717) is 37.6 Å². The number of rotatable bonds is 5. The second-order valence-electron chi connectivity index (χ2n) is 4.74. The number of hydrogen-bond acceptors (Lipinski definition) is 6. The van der Waals surface area contributed by atoms with E-state index in [2.05, 4.69) is 5.43 Å². The Balaban J connectivity index is 1.81. The Morgan fingerprint density at radius 2 is 2.10 bits per heavy atom. The Hall–Kier alpha value is -1.67. The van der Waals surface area contributed by atoms with E-state index >= 15 is 0 Å². The van der Waals surface area contributed by atoms with E-state index in [1.54, 1.807) is 24.3 Å². The number of nitrogen functional groups attached to an aromatic ring is 1. The first-order chi connectivity index (χ1) is 9.60. The molecule has 1 aromatic carbocycles.